The van der Waals surface area contributed by atoms with Crippen LogP contribution in [0.15, 0.2) is 158 Å². The fourth-order valence-electron chi connectivity index (χ4n) is 15.7. The fraction of sp³-hybridized carbons (Fsp3) is 0.308. The van der Waals surface area contributed by atoms with Crippen molar-refractivity contribution in [3.05, 3.63) is 209 Å². The molecule has 0 spiro atoms. The predicted molar refractivity (Wildman–Crippen MR) is 383 cm³/mol. The van der Waals surface area contributed by atoms with Crippen LogP contribution in [0.2, 0.25) is 0 Å². The number of pyridine rings is 2. The van der Waals surface area contributed by atoms with Crippen LogP contribution in [-0.2, 0) is 19.2 Å². The van der Waals surface area contributed by atoms with Crippen molar-refractivity contribution in [3.63, 3.8) is 0 Å². The standard InChI is InChI=1S/C39H35FN8O4.C25H26FN7.C14H10FNO4/c40-25-5-1-4-24(20-25)31-7-3-15-46(31)37-14-13-35-41-23-33(48(35)43-37)30-6-2-8-36(42-30)45-18-16-44(17-19-45)26-9-11-28-29(21-26)39(52)47(38(28)51)32-12-10-27(49)22-34(32)50;26-19-5-1-4-18(16-19)21-7-3-13-32(21)25-10-9-23-28-17-22(33(23)30-25)20-6-2-8-24(29-20)31-14-11-27-12-15-31;15-7-1-3-9-10(5-7)14(20)16(13(9)19)11-4-2-8(17)6-12(11)18/h1-2,4-6,8-9,11,13-14,20-21,23,31-32H,3,7,10,12,15-19,22H2;1-2,4-6,8-10,16-17,21,27H,3,7,11-15H2;1,3,5,11H,2,4,6H2/t31-,32?;21-;/m11./s1. The summed E-state index contributed by atoms with van der Waals surface area (Å²) in [5.74, 6) is -0.948. The summed E-state index contributed by atoms with van der Waals surface area (Å²) in [4.78, 5) is 131. The predicted octanol–water partition coefficient (Wildman–Crippen LogP) is 9.68. The van der Waals surface area contributed by atoms with Crippen LogP contribution in [0.25, 0.3) is 34.1 Å². The zero-order valence-corrected chi connectivity index (χ0v) is 57.1. The molecule has 2 unspecified atom stereocenters. The molecule has 18 rings (SSSR count). The maximum absolute atomic E-state index is 14.1. The Morgan fingerprint density at radius 3 is 1.33 bits per heavy atom. The van der Waals surface area contributed by atoms with Crippen molar-refractivity contribution in [2.45, 2.75) is 88.4 Å². The Bertz CT molecular complexity index is 5170. The number of aromatic nitrogens is 8. The number of rotatable bonds is 11. The van der Waals surface area contributed by atoms with Gasteiger partial charge in [0.2, 0.25) is 0 Å². The molecule has 105 heavy (non-hydrogen) atoms. The number of imide groups is 2. The molecular formula is C78H71F3N16O8. The number of hydrogen-bond donors (Lipinski definition) is 1. The van der Waals surface area contributed by atoms with Gasteiger partial charge in [0.25, 0.3) is 23.6 Å². The zero-order chi connectivity index (χ0) is 72.1. The number of nitrogens with zero attached hydrogens (tertiary/aromatic N) is 15. The van der Waals surface area contributed by atoms with Crippen molar-refractivity contribution in [2.24, 2.45) is 0 Å². The van der Waals surface area contributed by atoms with Gasteiger partial charge in [-0.05, 0) is 159 Å². The van der Waals surface area contributed by atoms with E-state index in [2.05, 4.69) is 45.9 Å². The second kappa shape index (κ2) is 28.4. The number of benzene rings is 4. The summed E-state index contributed by atoms with van der Waals surface area (Å²) in [7, 11) is 0. The van der Waals surface area contributed by atoms with Gasteiger partial charge in [0, 0.05) is 84.0 Å². The van der Waals surface area contributed by atoms with Gasteiger partial charge in [-0.2, -0.15) is 0 Å². The van der Waals surface area contributed by atoms with Crippen molar-refractivity contribution in [1.82, 2.24) is 54.3 Å². The van der Waals surface area contributed by atoms with Crippen LogP contribution in [0.1, 0.15) is 129 Å². The lowest BCUT2D eigenvalue weighted by molar-refractivity contribution is -0.134. The molecule has 6 aliphatic heterocycles. The van der Waals surface area contributed by atoms with E-state index in [0.717, 1.165) is 155 Å². The number of anilines is 5. The third-order valence-electron chi connectivity index (χ3n) is 20.9. The minimum absolute atomic E-state index is 0.0281. The largest absolute Gasteiger partial charge is 0.368 e. The highest BCUT2D eigenvalue weighted by Gasteiger charge is 2.46. The Morgan fingerprint density at radius 2 is 0.838 bits per heavy atom. The van der Waals surface area contributed by atoms with Gasteiger partial charge in [-0.3, -0.25) is 48.2 Å². The Hall–Kier alpha value is -11.9. The van der Waals surface area contributed by atoms with Crippen LogP contribution >= 0.6 is 0 Å². The highest BCUT2D eigenvalue weighted by molar-refractivity contribution is 6.25. The second-order valence-corrected chi connectivity index (χ2v) is 27.3. The molecule has 1 N–H and O–H groups in total. The molecule has 4 atom stereocenters. The first kappa shape index (κ1) is 67.6. The molecule has 24 nitrogen and oxygen atoms in total. The van der Waals surface area contributed by atoms with E-state index in [9.17, 15) is 51.5 Å². The number of piperazine rings is 2. The number of fused-ring (bicyclic) bond motifs is 4. The maximum Gasteiger partial charge on any atom is 0.262 e. The topological polar surface area (TPSA) is 257 Å². The van der Waals surface area contributed by atoms with Crippen LogP contribution in [0.5, 0.6) is 0 Å². The summed E-state index contributed by atoms with van der Waals surface area (Å²) in [6.45, 7) is 8.25. The summed E-state index contributed by atoms with van der Waals surface area (Å²) in [6.07, 6.45) is 7.75. The number of amides is 4. The van der Waals surface area contributed by atoms with E-state index in [1.54, 1.807) is 42.6 Å². The monoisotopic (exact) mass is 1420 g/mol. The van der Waals surface area contributed by atoms with Crippen molar-refractivity contribution >= 4 is 87.0 Å². The third kappa shape index (κ3) is 13.2. The first-order valence-electron chi connectivity index (χ1n) is 35.5. The Balaban J connectivity index is 0.000000135. The number of imidazole rings is 2. The molecular weight excluding hydrogens is 1350 g/mol. The van der Waals surface area contributed by atoms with E-state index < -0.39 is 47.3 Å². The van der Waals surface area contributed by atoms with Gasteiger partial charge >= 0.3 is 0 Å². The molecule has 27 heteroatoms. The summed E-state index contributed by atoms with van der Waals surface area (Å²) < 4.78 is 44.8. The average Bonchev–Trinajstić information content (AvgIpc) is 1.99. The van der Waals surface area contributed by atoms with Crippen LogP contribution < -0.4 is 29.8 Å². The number of Topliss-reactive ketones (excluding diaryl/α,β-unsaturated/α-hetero) is 4. The lowest BCUT2D eigenvalue weighted by atomic mass is 9.92. The molecule has 4 saturated heterocycles. The van der Waals surface area contributed by atoms with Crippen molar-refractivity contribution in [3.8, 4) is 22.8 Å². The number of hydrogen-bond acceptors (Lipinski definition) is 20. The fourth-order valence-corrected chi connectivity index (χ4v) is 15.7. The quantitative estimate of drug-likeness (QED) is 0.0933. The number of ketones is 4. The first-order chi connectivity index (χ1) is 51.1. The van der Waals surface area contributed by atoms with E-state index in [-0.39, 0.29) is 90.7 Å². The van der Waals surface area contributed by atoms with Crippen molar-refractivity contribution in [2.75, 3.05) is 89.9 Å². The summed E-state index contributed by atoms with van der Waals surface area (Å²) in [6, 6.07) is 40.6. The minimum Gasteiger partial charge on any atom is -0.368 e. The molecule has 6 fully saturated rings. The van der Waals surface area contributed by atoms with Gasteiger partial charge in [-0.25, -0.2) is 42.1 Å². The minimum atomic E-state index is -0.914. The van der Waals surface area contributed by atoms with Crippen molar-refractivity contribution in [1.29, 1.82) is 0 Å². The molecule has 10 aromatic rings. The highest BCUT2D eigenvalue weighted by Crippen LogP contribution is 2.40. The average molecular weight is 1420 g/mol. The summed E-state index contributed by atoms with van der Waals surface area (Å²) >= 11 is 0. The maximum atomic E-state index is 14.1. The molecule has 2 saturated carbocycles. The first-order valence-corrected chi connectivity index (χ1v) is 35.5. The third-order valence-corrected chi connectivity index (χ3v) is 20.9. The molecule has 12 heterocycles. The molecule has 6 aromatic heterocycles. The van der Waals surface area contributed by atoms with E-state index in [4.69, 9.17) is 20.2 Å². The molecule has 8 aliphatic rings. The number of carbonyl (C=O) groups excluding carboxylic acids is 8. The van der Waals surface area contributed by atoms with Gasteiger partial charge in [0.15, 0.2) is 22.9 Å². The number of nitrogens with one attached hydrogen (secondary N) is 1. The van der Waals surface area contributed by atoms with Crippen LogP contribution in [-0.4, -0.2) is 173 Å². The normalized spacial score (nSPS) is 20.5. The van der Waals surface area contributed by atoms with Crippen LogP contribution in [0.3, 0.4) is 0 Å². The van der Waals surface area contributed by atoms with Gasteiger partial charge in [-0.15, -0.1) is 10.2 Å². The molecule has 532 valence electrons. The lowest BCUT2D eigenvalue weighted by Crippen LogP contribution is -2.47. The molecule has 4 aromatic carbocycles. The Kier molecular flexibility index (Phi) is 18.3. The van der Waals surface area contributed by atoms with Gasteiger partial charge < -0.3 is 29.8 Å². The van der Waals surface area contributed by atoms with Crippen LogP contribution in [0, 0.1) is 17.5 Å². The Morgan fingerprint density at radius 1 is 0.390 bits per heavy atom. The Labute approximate surface area is 600 Å². The second-order valence-electron chi connectivity index (χ2n) is 27.3. The van der Waals surface area contributed by atoms with E-state index >= 15 is 0 Å². The molecule has 0 bridgehead atoms. The summed E-state index contributed by atoms with van der Waals surface area (Å²) in [5.41, 5.74) is 8.14. The molecule has 2 aliphatic carbocycles. The van der Waals surface area contributed by atoms with Crippen molar-refractivity contribution < 1.29 is 51.5 Å². The SMILES string of the molecule is Fc1cccc([C@H]2CCCN2c2ccc3ncc(-c4cccc(N5CCNCC5)n4)n3n2)c1.O=C1CCC(N2C(=O)c3ccc(F)cc3C2=O)C(=O)C1.O=C1CCC(N2C(=O)c3ccc(N4CCN(c5cccc(-c6cnc7ccc(N8CCC[C@@H]8c8cccc(F)c8)nn67)n5)CC4)cc3C2=O)C(=O)C1. The lowest BCUT2D eigenvalue weighted by Gasteiger charge is -2.37. The highest BCUT2D eigenvalue weighted by atomic mass is 19.1. The van der Waals surface area contributed by atoms with Gasteiger partial charge in [0.05, 0.1) is 83.0 Å². The van der Waals surface area contributed by atoms with Crippen LogP contribution in [0.4, 0.5) is 42.1 Å². The van der Waals surface area contributed by atoms with E-state index in [1.807, 2.05) is 88.0 Å². The molecule has 0 radical (unpaired) electrons. The van der Waals surface area contributed by atoms with Gasteiger partial charge in [-0.1, -0.05) is 36.4 Å². The smallest absolute Gasteiger partial charge is 0.262 e. The summed E-state index contributed by atoms with van der Waals surface area (Å²) in [5, 5.41) is 13.3. The van der Waals surface area contributed by atoms with Gasteiger partial charge in [0.1, 0.15) is 63.7 Å². The molecule has 4 amide bonds. The van der Waals surface area contributed by atoms with E-state index in [1.165, 1.54) is 18.2 Å². The van der Waals surface area contributed by atoms with E-state index in [0.29, 0.717) is 43.0 Å². The number of carbonyl (C=O) groups is 8. The zero-order valence-electron chi connectivity index (χ0n) is 57.1. The number of halogens is 3.